The molecule has 0 aliphatic carbocycles. The smallest absolute Gasteiger partial charge is 0.406 e. The van der Waals surface area contributed by atoms with E-state index in [0.717, 1.165) is 18.2 Å². The molecule has 2 rings (SSSR count). The van der Waals surface area contributed by atoms with Crippen LogP contribution >= 0.6 is 0 Å². The van der Waals surface area contributed by atoms with Gasteiger partial charge in [0, 0.05) is 37.2 Å². The summed E-state index contributed by atoms with van der Waals surface area (Å²) in [7, 11) is 0. The van der Waals surface area contributed by atoms with Crippen LogP contribution < -0.4 is 15.4 Å². The number of nitrogens with one attached hydrogen (secondary N) is 2. The zero-order chi connectivity index (χ0) is 22.3. The van der Waals surface area contributed by atoms with Gasteiger partial charge in [0.05, 0.1) is 11.3 Å². The molecule has 2 aromatic rings. The summed E-state index contributed by atoms with van der Waals surface area (Å²) in [4.78, 5) is 28.3. The molecule has 1 aromatic heterocycles. The number of benzene rings is 1. The van der Waals surface area contributed by atoms with Crippen molar-refractivity contribution in [1.82, 2.24) is 15.6 Å². The molecular formula is C20H21F4N3O3. The Morgan fingerprint density at radius 2 is 1.90 bits per heavy atom. The minimum Gasteiger partial charge on any atom is -0.406 e. The summed E-state index contributed by atoms with van der Waals surface area (Å²) in [5, 5.41) is 5.18. The average Bonchev–Trinajstić information content (AvgIpc) is 2.67. The van der Waals surface area contributed by atoms with Crippen molar-refractivity contribution < 1.29 is 31.9 Å². The highest BCUT2D eigenvalue weighted by Crippen LogP contribution is 2.24. The van der Waals surface area contributed by atoms with Crippen molar-refractivity contribution in [1.29, 1.82) is 0 Å². The molecule has 1 heterocycles. The third-order valence-electron chi connectivity index (χ3n) is 4.01. The standard InChI is InChI=1S/C20H21F4N3O3/c1-12(2)18(28)26-9-7-17-15(4-3-8-25-17)19(29)27-11-13-10-14(5-6-16(13)21)30-20(22,23)24/h3-6,8,10,12H,7,9,11H2,1-2H3,(H,26,28)(H,27,29). The third-order valence-corrected chi connectivity index (χ3v) is 4.01. The topological polar surface area (TPSA) is 80.3 Å². The number of aromatic nitrogens is 1. The first kappa shape index (κ1) is 23.1. The van der Waals surface area contributed by atoms with Crippen molar-refractivity contribution in [3.05, 3.63) is 59.2 Å². The summed E-state index contributed by atoms with van der Waals surface area (Å²) in [6, 6.07) is 5.61. The van der Waals surface area contributed by atoms with Gasteiger partial charge in [-0.15, -0.1) is 13.2 Å². The van der Waals surface area contributed by atoms with E-state index < -0.39 is 23.8 Å². The Morgan fingerprint density at radius 3 is 2.57 bits per heavy atom. The SMILES string of the molecule is CC(C)C(=O)NCCc1ncccc1C(=O)NCc1cc(OC(F)(F)F)ccc1F. The molecule has 2 amide bonds. The van der Waals surface area contributed by atoms with Crippen molar-refractivity contribution in [2.45, 2.75) is 33.2 Å². The van der Waals surface area contributed by atoms with Gasteiger partial charge < -0.3 is 15.4 Å². The van der Waals surface area contributed by atoms with Gasteiger partial charge >= 0.3 is 6.36 Å². The van der Waals surface area contributed by atoms with Gasteiger partial charge in [-0.2, -0.15) is 0 Å². The molecule has 0 radical (unpaired) electrons. The maximum absolute atomic E-state index is 13.9. The van der Waals surface area contributed by atoms with E-state index in [0.29, 0.717) is 12.1 Å². The molecule has 0 atom stereocenters. The Labute approximate surface area is 170 Å². The Kier molecular flexibility index (Phi) is 7.73. The molecular weight excluding hydrogens is 406 g/mol. The molecule has 0 saturated heterocycles. The highest BCUT2D eigenvalue weighted by atomic mass is 19.4. The Balaban J connectivity index is 2.03. The first-order valence-corrected chi connectivity index (χ1v) is 9.11. The molecule has 10 heteroatoms. The zero-order valence-electron chi connectivity index (χ0n) is 16.3. The molecule has 2 N–H and O–H groups in total. The summed E-state index contributed by atoms with van der Waals surface area (Å²) in [5.74, 6) is -2.25. The average molecular weight is 427 g/mol. The summed E-state index contributed by atoms with van der Waals surface area (Å²) >= 11 is 0. The lowest BCUT2D eigenvalue weighted by atomic mass is 10.1. The number of hydrogen-bond donors (Lipinski definition) is 2. The fraction of sp³-hybridized carbons (Fsp3) is 0.350. The van der Waals surface area contributed by atoms with Crippen molar-refractivity contribution in [3.63, 3.8) is 0 Å². The number of alkyl halides is 3. The van der Waals surface area contributed by atoms with Gasteiger partial charge in [0.2, 0.25) is 5.91 Å². The lowest BCUT2D eigenvalue weighted by Crippen LogP contribution is -2.30. The van der Waals surface area contributed by atoms with Gasteiger partial charge in [0.15, 0.2) is 0 Å². The second-order valence-electron chi connectivity index (χ2n) is 6.68. The van der Waals surface area contributed by atoms with Gasteiger partial charge in [-0.1, -0.05) is 13.8 Å². The number of carbonyl (C=O) groups excluding carboxylic acids is 2. The number of ether oxygens (including phenoxy) is 1. The van der Waals surface area contributed by atoms with E-state index in [9.17, 15) is 27.2 Å². The van der Waals surface area contributed by atoms with Crippen LogP contribution in [0, 0.1) is 11.7 Å². The Morgan fingerprint density at radius 1 is 1.17 bits per heavy atom. The van der Waals surface area contributed by atoms with Crippen LogP contribution in [0.2, 0.25) is 0 Å². The van der Waals surface area contributed by atoms with E-state index in [-0.39, 0.29) is 36.0 Å². The summed E-state index contributed by atoms with van der Waals surface area (Å²) in [5.41, 5.74) is 0.479. The molecule has 0 aliphatic heterocycles. The molecule has 0 spiro atoms. The molecule has 30 heavy (non-hydrogen) atoms. The zero-order valence-corrected chi connectivity index (χ0v) is 16.3. The van der Waals surface area contributed by atoms with Crippen molar-refractivity contribution >= 4 is 11.8 Å². The molecule has 6 nitrogen and oxygen atoms in total. The highest BCUT2D eigenvalue weighted by molar-refractivity contribution is 5.95. The normalized spacial score (nSPS) is 11.3. The first-order chi connectivity index (χ1) is 14.1. The first-order valence-electron chi connectivity index (χ1n) is 9.11. The van der Waals surface area contributed by atoms with Gasteiger partial charge in [-0.3, -0.25) is 14.6 Å². The van der Waals surface area contributed by atoms with E-state index in [2.05, 4.69) is 20.4 Å². The summed E-state index contributed by atoms with van der Waals surface area (Å²) in [6.45, 7) is 3.43. The molecule has 1 aromatic carbocycles. The van der Waals surface area contributed by atoms with Crippen LogP contribution in [0.25, 0.3) is 0 Å². The molecule has 0 unspecified atom stereocenters. The minimum absolute atomic E-state index is 0.131. The predicted molar refractivity (Wildman–Crippen MR) is 100 cm³/mol. The Bertz CT molecular complexity index is 901. The van der Waals surface area contributed by atoms with E-state index in [4.69, 9.17) is 0 Å². The molecule has 0 aliphatic rings. The number of amides is 2. The van der Waals surface area contributed by atoms with Crippen LogP contribution in [-0.4, -0.2) is 29.7 Å². The van der Waals surface area contributed by atoms with Gasteiger partial charge in [-0.05, 0) is 30.3 Å². The summed E-state index contributed by atoms with van der Waals surface area (Å²) < 4.78 is 54.7. The van der Waals surface area contributed by atoms with Gasteiger partial charge in [0.1, 0.15) is 11.6 Å². The lowest BCUT2D eigenvalue weighted by Gasteiger charge is -2.13. The number of pyridine rings is 1. The fourth-order valence-corrected chi connectivity index (χ4v) is 2.51. The van der Waals surface area contributed by atoms with Crippen molar-refractivity contribution in [3.8, 4) is 5.75 Å². The lowest BCUT2D eigenvalue weighted by molar-refractivity contribution is -0.274. The monoisotopic (exact) mass is 427 g/mol. The molecule has 162 valence electrons. The summed E-state index contributed by atoms with van der Waals surface area (Å²) in [6.07, 6.45) is -3.12. The van der Waals surface area contributed by atoms with Crippen LogP contribution in [0.5, 0.6) is 5.75 Å². The minimum atomic E-state index is -4.91. The quantitative estimate of drug-likeness (QED) is 0.633. The van der Waals surface area contributed by atoms with Crippen LogP contribution in [0.3, 0.4) is 0 Å². The van der Waals surface area contributed by atoms with Crippen LogP contribution in [-0.2, 0) is 17.8 Å². The van der Waals surface area contributed by atoms with E-state index in [1.54, 1.807) is 19.9 Å². The van der Waals surface area contributed by atoms with E-state index in [1.165, 1.54) is 12.3 Å². The number of hydrogen-bond acceptors (Lipinski definition) is 4. The number of rotatable bonds is 8. The predicted octanol–water partition coefficient (Wildman–Crippen LogP) is 3.36. The number of halogens is 4. The van der Waals surface area contributed by atoms with E-state index >= 15 is 0 Å². The van der Waals surface area contributed by atoms with Crippen molar-refractivity contribution in [2.24, 2.45) is 5.92 Å². The van der Waals surface area contributed by atoms with Crippen LogP contribution in [0.15, 0.2) is 36.5 Å². The maximum atomic E-state index is 13.9. The van der Waals surface area contributed by atoms with Gasteiger partial charge in [0.25, 0.3) is 5.91 Å². The highest BCUT2D eigenvalue weighted by Gasteiger charge is 2.31. The van der Waals surface area contributed by atoms with Crippen LogP contribution in [0.4, 0.5) is 17.6 Å². The van der Waals surface area contributed by atoms with Crippen LogP contribution in [0.1, 0.15) is 35.5 Å². The van der Waals surface area contributed by atoms with Crippen molar-refractivity contribution in [2.75, 3.05) is 6.54 Å². The molecule has 0 saturated carbocycles. The Hall–Kier alpha value is -3.17. The number of carbonyl (C=O) groups is 2. The molecule has 0 fully saturated rings. The van der Waals surface area contributed by atoms with Gasteiger partial charge in [-0.25, -0.2) is 4.39 Å². The number of nitrogens with zero attached hydrogens (tertiary/aromatic N) is 1. The third kappa shape index (κ3) is 7.02. The molecule has 0 bridgehead atoms. The maximum Gasteiger partial charge on any atom is 0.573 e. The largest absolute Gasteiger partial charge is 0.573 e. The van der Waals surface area contributed by atoms with E-state index in [1.807, 2.05) is 0 Å². The fourth-order valence-electron chi connectivity index (χ4n) is 2.51. The second-order valence-corrected chi connectivity index (χ2v) is 6.68. The second kappa shape index (κ2) is 10.0.